The molecule has 0 amide bonds. The molecule has 3 nitrogen and oxygen atoms in total. The van der Waals surface area contributed by atoms with Crippen LogP contribution in [0.25, 0.3) is 0 Å². The quantitative estimate of drug-likeness (QED) is 0.874. The van der Waals surface area contributed by atoms with Crippen molar-refractivity contribution in [2.75, 3.05) is 26.2 Å². The van der Waals surface area contributed by atoms with Gasteiger partial charge in [0.1, 0.15) is 0 Å². The molecule has 1 aromatic rings. The summed E-state index contributed by atoms with van der Waals surface area (Å²) in [5, 5.41) is 3.21. The first-order valence-electron chi connectivity index (χ1n) is 5.33. The van der Waals surface area contributed by atoms with Crippen molar-refractivity contribution in [3.8, 4) is 0 Å². The first kappa shape index (κ1) is 10.6. The van der Waals surface area contributed by atoms with Gasteiger partial charge in [0.15, 0.2) is 5.01 Å². The van der Waals surface area contributed by atoms with Crippen LogP contribution >= 0.6 is 11.3 Å². The summed E-state index contributed by atoms with van der Waals surface area (Å²) >= 11 is 1.13. The highest BCUT2D eigenvalue weighted by Gasteiger charge is 2.47. The van der Waals surface area contributed by atoms with Crippen molar-refractivity contribution >= 4 is 11.3 Å². The van der Waals surface area contributed by atoms with Gasteiger partial charge in [-0.3, -0.25) is 4.90 Å². The van der Waals surface area contributed by atoms with Crippen LogP contribution in [-0.4, -0.2) is 36.1 Å². The molecule has 1 aromatic heterocycles. The highest BCUT2D eigenvalue weighted by Crippen LogP contribution is 2.35. The lowest BCUT2D eigenvalue weighted by atomic mass is 9.74. The van der Waals surface area contributed by atoms with Crippen LogP contribution in [0.15, 0.2) is 6.20 Å². The van der Waals surface area contributed by atoms with E-state index < -0.39 is 6.43 Å². The average molecular weight is 245 g/mol. The molecule has 6 heteroatoms. The third-order valence-electron chi connectivity index (χ3n) is 3.26. The second-order valence-electron chi connectivity index (χ2n) is 4.71. The molecule has 3 rings (SSSR count). The first-order valence-corrected chi connectivity index (χ1v) is 6.14. The van der Waals surface area contributed by atoms with Crippen LogP contribution in [0.3, 0.4) is 0 Å². The molecule has 0 aromatic carbocycles. The Hall–Kier alpha value is -0.590. The SMILES string of the molecule is FC(F)c1ncc(CN2CC3(CNC3)C2)s1. The number of nitrogens with one attached hydrogen (secondary N) is 1. The minimum absolute atomic E-state index is 0.0597. The molecule has 2 saturated heterocycles. The standard InChI is InChI=1S/C10H13F2N3S/c11-8(12)9-14-1-7(16-9)2-15-5-10(6-15)3-13-4-10/h1,8,13H,2-6H2. The molecule has 2 aliphatic rings. The van der Waals surface area contributed by atoms with Crippen molar-refractivity contribution in [3.05, 3.63) is 16.1 Å². The smallest absolute Gasteiger partial charge is 0.289 e. The van der Waals surface area contributed by atoms with Crippen LogP contribution in [0.1, 0.15) is 16.3 Å². The number of hydrogen-bond acceptors (Lipinski definition) is 4. The minimum atomic E-state index is -2.43. The molecular weight excluding hydrogens is 232 g/mol. The monoisotopic (exact) mass is 245 g/mol. The highest BCUT2D eigenvalue weighted by atomic mass is 32.1. The van der Waals surface area contributed by atoms with Gasteiger partial charge in [-0.2, -0.15) is 0 Å². The van der Waals surface area contributed by atoms with E-state index in [4.69, 9.17) is 0 Å². The summed E-state index contributed by atoms with van der Waals surface area (Å²) in [5.74, 6) is 0. The lowest BCUT2D eigenvalue weighted by Crippen LogP contribution is -2.70. The lowest BCUT2D eigenvalue weighted by molar-refractivity contribution is -0.0439. The van der Waals surface area contributed by atoms with Gasteiger partial charge < -0.3 is 5.32 Å². The summed E-state index contributed by atoms with van der Waals surface area (Å²) in [5.41, 5.74) is 0.496. The number of halogens is 2. The van der Waals surface area contributed by atoms with Crippen LogP contribution in [-0.2, 0) is 6.54 Å². The van der Waals surface area contributed by atoms with E-state index in [2.05, 4.69) is 15.2 Å². The first-order chi connectivity index (χ1) is 7.67. The van der Waals surface area contributed by atoms with Gasteiger partial charge in [-0.05, 0) is 0 Å². The van der Waals surface area contributed by atoms with Crippen molar-refractivity contribution in [1.82, 2.24) is 15.2 Å². The molecule has 0 bridgehead atoms. The fourth-order valence-corrected chi connectivity index (χ4v) is 3.25. The number of aromatic nitrogens is 1. The number of hydrogen-bond donors (Lipinski definition) is 1. The molecular formula is C10H13F2N3S. The van der Waals surface area contributed by atoms with Crippen LogP contribution < -0.4 is 5.32 Å². The van der Waals surface area contributed by atoms with Crippen molar-refractivity contribution in [2.45, 2.75) is 13.0 Å². The number of alkyl halides is 2. The molecule has 0 saturated carbocycles. The summed E-state index contributed by atoms with van der Waals surface area (Å²) in [7, 11) is 0. The van der Waals surface area contributed by atoms with E-state index in [1.165, 1.54) is 0 Å². The molecule has 2 fully saturated rings. The molecule has 16 heavy (non-hydrogen) atoms. The Morgan fingerprint density at radius 1 is 1.50 bits per heavy atom. The maximum absolute atomic E-state index is 12.3. The fraction of sp³-hybridized carbons (Fsp3) is 0.700. The van der Waals surface area contributed by atoms with Crippen LogP contribution in [0, 0.1) is 5.41 Å². The Bertz CT molecular complexity index is 381. The maximum Gasteiger partial charge on any atom is 0.289 e. The summed E-state index contributed by atoms with van der Waals surface area (Å²) in [6, 6.07) is 0. The molecule has 3 heterocycles. The predicted octanol–water partition coefficient (Wildman–Crippen LogP) is 1.49. The molecule has 0 unspecified atom stereocenters. The Kier molecular flexibility index (Phi) is 2.45. The van der Waals surface area contributed by atoms with Gasteiger partial charge in [0, 0.05) is 49.2 Å². The van der Waals surface area contributed by atoms with Crippen molar-refractivity contribution in [2.24, 2.45) is 5.41 Å². The van der Waals surface area contributed by atoms with Crippen molar-refractivity contribution < 1.29 is 8.78 Å². The Morgan fingerprint density at radius 3 is 2.75 bits per heavy atom. The zero-order valence-electron chi connectivity index (χ0n) is 8.75. The largest absolute Gasteiger partial charge is 0.315 e. The van der Waals surface area contributed by atoms with E-state index in [0.29, 0.717) is 5.41 Å². The second kappa shape index (κ2) is 3.72. The van der Waals surface area contributed by atoms with E-state index in [0.717, 1.165) is 48.9 Å². The van der Waals surface area contributed by atoms with Crippen LogP contribution in [0.5, 0.6) is 0 Å². The van der Waals surface area contributed by atoms with E-state index in [1.807, 2.05) is 0 Å². The van der Waals surface area contributed by atoms with Gasteiger partial charge in [0.25, 0.3) is 6.43 Å². The lowest BCUT2D eigenvalue weighted by Gasteiger charge is -2.56. The van der Waals surface area contributed by atoms with Gasteiger partial charge in [0.2, 0.25) is 0 Å². The number of thiazole rings is 1. The van der Waals surface area contributed by atoms with Crippen LogP contribution in [0.2, 0.25) is 0 Å². The summed E-state index contributed by atoms with van der Waals surface area (Å²) < 4.78 is 24.7. The van der Waals surface area contributed by atoms with Gasteiger partial charge in [0.05, 0.1) is 0 Å². The predicted molar refractivity (Wildman–Crippen MR) is 57.7 cm³/mol. The normalized spacial score (nSPS) is 23.4. The average Bonchev–Trinajstić information content (AvgIpc) is 2.55. The van der Waals surface area contributed by atoms with Gasteiger partial charge in [-0.25, -0.2) is 13.8 Å². The maximum atomic E-state index is 12.3. The van der Waals surface area contributed by atoms with Gasteiger partial charge in [-0.15, -0.1) is 11.3 Å². The topological polar surface area (TPSA) is 28.2 Å². The summed E-state index contributed by atoms with van der Waals surface area (Å²) in [6.45, 7) is 5.15. The molecule has 88 valence electrons. The zero-order chi connectivity index (χ0) is 11.2. The third-order valence-corrected chi connectivity index (χ3v) is 4.25. The number of nitrogens with zero attached hydrogens (tertiary/aromatic N) is 2. The van der Waals surface area contributed by atoms with Crippen molar-refractivity contribution in [3.63, 3.8) is 0 Å². The van der Waals surface area contributed by atoms with Gasteiger partial charge >= 0.3 is 0 Å². The fourth-order valence-electron chi connectivity index (χ4n) is 2.43. The minimum Gasteiger partial charge on any atom is -0.315 e. The molecule has 0 aliphatic carbocycles. The van der Waals surface area contributed by atoms with E-state index >= 15 is 0 Å². The van der Waals surface area contributed by atoms with E-state index in [-0.39, 0.29) is 5.01 Å². The highest BCUT2D eigenvalue weighted by molar-refractivity contribution is 7.11. The molecule has 0 atom stereocenters. The second-order valence-corrected chi connectivity index (χ2v) is 5.86. The van der Waals surface area contributed by atoms with Gasteiger partial charge in [-0.1, -0.05) is 0 Å². The van der Waals surface area contributed by atoms with Crippen molar-refractivity contribution in [1.29, 1.82) is 0 Å². The zero-order valence-corrected chi connectivity index (χ0v) is 9.57. The third kappa shape index (κ3) is 1.74. The number of likely N-dealkylation sites (tertiary alicyclic amines) is 1. The van der Waals surface area contributed by atoms with E-state index in [1.54, 1.807) is 6.20 Å². The molecule has 2 aliphatic heterocycles. The Balaban J connectivity index is 1.55. The molecule has 0 radical (unpaired) electrons. The summed E-state index contributed by atoms with van der Waals surface area (Å²) in [6.07, 6.45) is -0.854. The molecule has 1 N–H and O–H groups in total. The van der Waals surface area contributed by atoms with E-state index in [9.17, 15) is 8.78 Å². The summed E-state index contributed by atoms with van der Waals surface area (Å²) in [4.78, 5) is 6.96. The Labute approximate surface area is 96.5 Å². The van der Waals surface area contributed by atoms with Crippen LogP contribution in [0.4, 0.5) is 8.78 Å². The Morgan fingerprint density at radius 2 is 2.25 bits per heavy atom. The molecule has 1 spiro atoms. The number of rotatable bonds is 3.